The van der Waals surface area contributed by atoms with Crippen LogP contribution in [0.4, 0.5) is 0 Å². The standard InChI is InChI=1S/C16H19ClN2OS/c1-2-19-8-4-5-11(10-19)18-16(20)15-9-12-13(17)6-3-7-14(12)21-15/h3,6-7,9,11H,2,4-5,8,10H2,1H3,(H,18,20)/t11-/m1/s1. The van der Waals surface area contributed by atoms with Crippen molar-refractivity contribution >= 4 is 38.9 Å². The summed E-state index contributed by atoms with van der Waals surface area (Å²) in [5, 5.41) is 4.84. The predicted octanol–water partition coefficient (Wildman–Crippen LogP) is 3.77. The monoisotopic (exact) mass is 322 g/mol. The number of halogens is 1. The van der Waals surface area contributed by atoms with E-state index in [0.29, 0.717) is 5.02 Å². The topological polar surface area (TPSA) is 32.3 Å². The van der Waals surface area contributed by atoms with Gasteiger partial charge in [-0.2, -0.15) is 0 Å². The third-order valence-corrected chi connectivity index (χ3v) is 5.45. The van der Waals surface area contributed by atoms with E-state index in [2.05, 4.69) is 17.1 Å². The largest absolute Gasteiger partial charge is 0.347 e. The van der Waals surface area contributed by atoms with Gasteiger partial charge in [-0.3, -0.25) is 4.79 Å². The van der Waals surface area contributed by atoms with Crippen LogP contribution in [0.5, 0.6) is 0 Å². The van der Waals surface area contributed by atoms with E-state index in [9.17, 15) is 4.79 Å². The molecule has 0 bridgehead atoms. The zero-order chi connectivity index (χ0) is 14.8. The molecule has 1 aromatic heterocycles. The molecular formula is C16H19ClN2OS. The fourth-order valence-corrected chi connectivity index (χ4v) is 4.13. The number of carbonyl (C=O) groups excluding carboxylic acids is 1. The number of nitrogens with zero attached hydrogens (tertiary/aromatic N) is 1. The van der Waals surface area contributed by atoms with Gasteiger partial charge in [0.2, 0.25) is 0 Å². The van der Waals surface area contributed by atoms with Crippen molar-refractivity contribution in [2.45, 2.75) is 25.8 Å². The maximum Gasteiger partial charge on any atom is 0.261 e. The Labute approximate surface area is 133 Å². The lowest BCUT2D eigenvalue weighted by molar-refractivity contribution is 0.0910. The summed E-state index contributed by atoms with van der Waals surface area (Å²) in [5.41, 5.74) is 0. The van der Waals surface area contributed by atoms with Gasteiger partial charge in [-0.1, -0.05) is 24.6 Å². The molecule has 0 spiro atoms. The van der Waals surface area contributed by atoms with Gasteiger partial charge in [0.1, 0.15) is 0 Å². The minimum absolute atomic E-state index is 0.0234. The molecule has 1 saturated heterocycles. The van der Waals surface area contributed by atoms with E-state index in [1.54, 1.807) is 0 Å². The first-order chi connectivity index (χ1) is 10.2. The summed E-state index contributed by atoms with van der Waals surface area (Å²) in [6.07, 6.45) is 2.21. The molecule has 0 unspecified atom stereocenters. The summed E-state index contributed by atoms with van der Waals surface area (Å²) in [6.45, 7) is 5.30. The van der Waals surface area contributed by atoms with Crippen LogP contribution < -0.4 is 5.32 Å². The Kier molecular flexibility index (Phi) is 4.48. The maximum absolute atomic E-state index is 12.4. The number of rotatable bonds is 3. The van der Waals surface area contributed by atoms with Crippen LogP contribution in [0.25, 0.3) is 10.1 Å². The maximum atomic E-state index is 12.4. The molecular weight excluding hydrogens is 304 g/mol. The molecule has 5 heteroatoms. The van der Waals surface area contributed by atoms with Crippen LogP contribution in [-0.2, 0) is 0 Å². The van der Waals surface area contributed by atoms with Crippen molar-refractivity contribution in [3.63, 3.8) is 0 Å². The van der Waals surface area contributed by atoms with E-state index in [1.165, 1.54) is 11.3 Å². The number of fused-ring (bicyclic) bond motifs is 1. The number of hydrogen-bond donors (Lipinski definition) is 1. The Bertz CT molecular complexity index is 655. The zero-order valence-corrected chi connectivity index (χ0v) is 13.6. The van der Waals surface area contributed by atoms with Crippen LogP contribution in [-0.4, -0.2) is 36.5 Å². The number of benzene rings is 1. The molecule has 2 aromatic rings. The number of piperidine rings is 1. The van der Waals surface area contributed by atoms with Gasteiger partial charge in [0.15, 0.2) is 0 Å². The fraction of sp³-hybridized carbons (Fsp3) is 0.438. The molecule has 0 aliphatic carbocycles. The number of thiophene rings is 1. The third-order valence-electron chi connectivity index (χ3n) is 4.02. The first kappa shape index (κ1) is 14.8. The Hall–Kier alpha value is -1.10. The van der Waals surface area contributed by atoms with Crippen molar-refractivity contribution in [2.75, 3.05) is 19.6 Å². The summed E-state index contributed by atoms with van der Waals surface area (Å²) >= 11 is 7.68. The Morgan fingerprint density at radius 3 is 3.14 bits per heavy atom. The van der Waals surface area contributed by atoms with Crippen molar-refractivity contribution in [1.29, 1.82) is 0 Å². The van der Waals surface area contributed by atoms with Gasteiger partial charge in [-0.25, -0.2) is 0 Å². The molecule has 1 fully saturated rings. The van der Waals surface area contributed by atoms with Crippen LogP contribution in [0.1, 0.15) is 29.4 Å². The average Bonchev–Trinajstić information content (AvgIpc) is 2.93. The lowest BCUT2D eigenvalue weighted by Gasteiger charge is -2.32. The Morgan fingerprint density at radius 2 is 2.38 bits per heavy atom. The lowest BCUT2D eigenvalue weighted by atomic mass is 10.1. The average molecular weight is 323 g/mol. The van der Waals surface area contributed by atoms with Crippen LogP contribution in [0.3, 0.4) is 0 Å². The highest BCUT2D eigenvalue weighted by molar-refractivity contribution is 7.20. The normalized spacial score (nSPS) is 19.8. The van der Waals surface area contributed by atoms with Crippen LogP contribution in [0.2, 0.25) is 5.02 Å². The highest BCUT2D eigenvalue weighted by atomic mass is 35.5. The molecule has 1 aliphatic rings. The summed E-state index contributed by atoms with van der Waals surface area (Å²) < 4.78 is 1.06. The minimum Gasteiger partial charge on any atom is -0.347 e. The van der Waals surface area contributed by atoms with Crippen molar-refractivity contribution in [2.24, 2.45) is 0 Å². The minimum atomic E-state index is 0.0234. The van der Waals surface area contributed by atoms with E-state index in [1.807, 2.05) is 24.3 Å². The molecule has 21 heavy (non-hydrogen) atoms. The SMILES string of the molecule is CCN1CCC[C@@H](NC(=O)c2cc3c(Cl)cccc3s2)C1. The second-order valence-electron chi connectivity index (χ2n) is 5.47. The lowest BCUT2D eigenvalue weighted by Crippen LogP contribution is -2.47. The predicted molar refractivity (Wildman–Crippen MR) is 89.4 cm³/mol. The van der Waals surface area contributed by atoms with Gasteiger partial charge in [-0.05, 0) is 44.1 Å². The molecule has 0 saturated carbocycles. The molecule has 3 rings (SSSR count). The van der Waals surface area contributed by atoms with Crippen LogP contribution >= 0.6 is 22.9 Å². The molecule has 1 amide bonds. The zero-order valence-electron chi connectivity index (χ0n) is 12.1. The fourth-order valence-electron chi connectivity index (χ4n) is 2.85. The summed E-state index contributed by atoms with van der Waals surface area (Å²) in [7, 11) is 0. The molecule has 3 nitrogen and oxygen atoms in total. The molecule has 0 radical (unpaired) electrons. The quantitative estimate of drug-likeness (QED) is 0.933. The van der Waals surface area contributed by atoms with E-state index < -0.39 is 0 Å². The van der Waals surface area contributed by atoms with Crippen molar-refractivity contribution in [3.8, 4) is 0 Å². The van der Waals surface area contributed by atoms with Crippen LogP contribution in [0.15, 0.2) is 24.3 Å². The number of nitrogens with one attached hydrogen (secondary N) is 1. The second kappa shape index (κ2) is 6.34. The molecule has 1 aromatic carbocycles. The van der Waals surface area contributed by atoms with E-state index in [-0.39, 0.29) is 11.9 Å². The first-order valence-electron chi connectivity index (χ1n) is 7.38. The number of hydrogen-bond acceptors (Lipinski definition) is 3. The highest BCUT2D eigenvalue weighted by Crippen LogP contribution is 2.31. The Balaban J connectivity index is 1.73. The number of likely N-dealkylation sites (N-methyl/N-ethyl adjacent to an activating group) is 1. The molecule has 1 aliphatic heterocycles. The van der Waals surface area contributed by atoms with E-state index in [4.69, 9.17) is 11.6 Å². The number of carbonyl (C=O) groups is 1. The van der Waals surface area contributed by atoms with Crippen molar-refractivity contribution in [1.82, 2.24) is 10.2 Å². The summed E-state index contributed by atoms with van der Waals surface area (Å²) in [4.78, 5) is 15.6. The molecule has 112 valence electrons. The van der Waals surface area contributed by atoms with Crippen molar-refractivity contribution < 1.29 is 4.79 Å². The van der Waals surface area contributed by atoms with Crippen molar-refractivity contribution in [3.05, 3.63) is 34.2 Å². The molecule has 1 atom stereocenters. The van der Waals surface area contributed by atoms with Gasteiger partial charge in [0.25, 0.3) is 5.91 Å². The summed E-state index contributed by atoms with van der Waals surface area (Å²) in [6, 6.07) is 7.94. The van der Waals surface area contributed by atoms with Gasteiger partial charge in [0, 0.05) is 27.7 Å². The molecule has 1 N–H and O–H groups in total. The number of amides is 1. The highest BCUT2D eigenvalue weighted by Gasteiger charge is 2.21. The summed E-state index contributed by atoms with van der Waals surface area (Å²) in [5.74, 6) is 0.0234. The first-order valence-corrected chi connectivity index (χ1v) is 8.58. The van der Waals surface area contributed by atoms with Gasteiger partial charge >= 0.3 is 0 Å². The Morgan fingerprint density at radius 1 is 1.52 bits per heavy atom. The number of likely N-dealkylation sites (tertiary alicyclic amines) is 1. The van der Waals surface area contributed by atoms with Gasteiger partial charge < -0.3 is 10.2 Å². The van der Waals surface area contributed by atoms with Crippen LogP contribution in [0, 0.1) is 0 Å². The van der Waals surface area contributed by atoms with E-state index >= 15 is 0 Å². The smallest absolute Gasteiger partial charge is 0.261 e. The van der Waals surface area contributed by atoms with E-state index in [0.717, 1.165) is 47.4 Å². The molecule has 2 heterocycles. The second-order valence-corrected chi connectivity index (χ2v) is 6.96. The van der Waals surface area contributed by atoms with Gasteiger partial charge in [0.05, 0.1) is 4.88 Å². The van der Waals surface area contributed by atoms with Gasteiger partial charge in [-0.15, -0.1) is 11.3 Å². The third kappa shape index (κ3) is 3.23.